The predicted octanol–water partition coefficient (Wildman–Crippen LogP) is 0.996. The van der Waals surface area contributed by atoms with Crippen molar-refractivity contribution in [1.29, 1.82) is 0 Å². The highest BCUT2D eigenvalue weighted by Gasteiger charge is 2.20. The Hall–Kier alpha value is -1.39. The number of sulfonamides is 1. The predicted molar refractivity (Wildman–Crippen MR) is 81.5 cm³/mol. The second kappa shape index (κ2) is 8.15. The Labute approximate surface area is 126 Å². The molecule has 0 atom stereocenters. The first kappa shape index (κ1) is 17.7. The zero-order chi connectivity index (χ0) is 15.9. The second-order valence-electron chi connectivity index (χ2n) is 4.46. The summed E-state index contributed by atoms with van der Waals surface area (Å²) in [7, 11) is -1.99. The molecule has 0 fully saturated rings. The van der Waals surface area contributed by atoms with Crippen LogP contribution in [0.1, 0.15) is 18.1 Å². The van der Waals surface area contributed by atoms with Gasteiger partial charge in [0.15, 0.2) is 0 Å². The van der Waals surface area contributed by atoms with Gasteiger partial charge in [-0.05, 0) is 37.6 Å². The summed E-state index contributed by atoms with van der Waals surface area (Å²) in [4.78, 5) is 0.230. The zero-order valence-electron chi connectivity index (χ0n) is 12.6. The maximum Gasteiger partial charge on any atom is 0.242 e. The van der Waals surface area contributed by atoms with Crippen molar-refractivity contribution in [3.63, 3.8) is 0 Å². The van der Waals surface area contributed by atoms with Crippen LogP contribution in [0, 0.1) is 18.8 Å². The molecule has 1 rings (SSSR count). The van der Waals surface area contributed by atoms with Crippen molar-refractivity contribution in [1.82, 2.24) is 4.31 Å². The molecule has 0 unspecified atom stereocenters. The highest BCUT2D eigenvalue weighted by atomic mass is 32.2. The first-order valence-electron chi connectivity index (χ1n) is 6.68. The highest BCUT2D eigenvalue weighted by molar-refractivity contribution is 7.89. The average molecular weight is 311 g/mol. The molecule has 0 heterocycles. The summed E-state index contributed by atoms with van der Waals surface area (Å²) in [5.74, 6) is 5.33. The van der Waals surface area contributed by atoms with Crippen molar-refractivity contribution in [3.05, 3.63) is 29.3 Å². The minimum atomic E-state index is -3.52. The lowest BCUT2D eigenvalue weighted by molar-refractivity contribution is 0.138. The Bertz CT molecular complexity index is 629. The highest BCUT2D eigenvalue weighted by Crippen LogP contribution is 2.18. The summed E-state index contributed by atoms with van der Waals surface area (Å²) < 4.78 is 31.2. The molecule has 1 N–H and O–H groups in total. The van der Waals surface area contributed by atoms with Crippen LogP contribution in [0.4, 0.5) is 0 Å². The number of ether oxygens (including phenoxy) is 1. The monoisotopic (exact) mass is 311 g/mol. The number of aryl methyl sites for hydroxylation is 1. The van der Waals surface area contributed by atoms with E-state index in [9.17, 15) is 8.42 Å². The van der Waals surface area contributed by atoms with Crippen molar-refractivity contribution in [2.75, 3.05) is 33.4 Å². The fourth-order valence-corrected chi connectivity index (χ4v) is 2.95. The van der Waals surface area contributed by atoms with Crippen LogP contribution in [-0.2, 0) is 14.8 Å². The standard InChI is InChI=1S/C15H21NO4S/c1-4-20-11-9-16(3)21(18,19)15-8-7-14(6-5-10-17)13(2)12-15/h7-8,12,17H,4,9-11H2,1-3H3. The molecule has 116 valence electrons. The van der Waals surface area contributed by atoms with Gasteiger partial charge in [0.1, 0.15) is 6.61 Å². The number of aliphatic hydroxyl groups is 1. The summed E-state index contributed by atoms with van der Waals surface area (Å²) >= 11 is 0. The van der Waals surface area contributed by atoms with Crippen molar-refractivity contribution in [2.24, 2.45) is 0 Å². The van der Waals surface area contributed by atoms with Gasteiger partial charge in [0.2, 0.25) is 10.0 Å². The fraction of sp³-hybridized carbons (Fsp3) is 0.467. The van der Waals surface area contributed by atoms with Crippen molar-refractivity contribution in [3.8, 4) is 11.8 Å². The lowest BCUT2D eigenvalue weighted by atomic mass is 10.1. The summed E-state index contributed by atoms with van der Waals surface area (Å²) in [6.07, 6.45) is 0. The number of rotatable bonds is 6. The Kier molecular flexibility index (Phi) is 6.85. The van der Waals surface area contributed by atoms with E-state index < -0.39 is 10.0 Å². The van der Waals surface area contributed by atoms with E-state index in [0.29, 0.717) is 25.3 Å². The molecule has 21 heavy (non-hydrogen) atoms. The molecule has 6 heteroatoms. The van der Waals surface area contributed by atoms with Crippen molar-refractivity contribution in [2.45, 2.75) is 18.7 Å². The van der Waals surface area contributed by atoms with Crippen LogP contribution in [0.2, 0.25) is 0 Å². The van der Waals surface area contributed by atoms with Gasteiger partial charge in [0.25, 0.3) is 0 Å². The number of aliphatic hydroxyl groups excluding tert-OH is 1. The minimum absolute atomic E-state index is 0.223. The van der Waals surface area contributed by atoms with Gasteiger partial charge in [-0.2, -0.15) is 4.31 Å². The SMILES string of the molecule is CCOCCN(C)S(=O)(=O)c1ccc(C#CCO)c(C)c1. The van der Waals surface area contributed by atoms with Gasteiger partial charge in [-0.3, -0.25) is 0 Å². The molecular formula is C15H21NO4S. The van der Waals surface area contributed by atoms with Crippen LogP contribution < -0.4 is 0 Å². The van der Waals surface area contributed by atoms with Gasteiger partial charge in [-0.25, -0.2) is 8.42 Å². The van der Waals surface area contributed by atoms with E-state index in [1.54, 1.807) is 19.1 Å². The molecule has 0 saturated carbocycles. The Morgan fingerprint density at radius 3 is 2.67 bits per heavy atom. The third kappa shape index (κ3) is 4.83. The maximum atomic E-state index is 12.4. The van der Waals surface area contributed by atoms with Crippen molar-refractivity contribution >= 4 is 10.0 Å². The van der Waals surface area contributed by atoms with E-state index in [4.69, 9.17) is 9.84 Å². The van der Waals surface area contributed by atoms with Gasteiger partial charge in [0, 0.05) is 25.8 Å². The number of benzene rings is 1. The third-order valence-corrected chi connectivity index (χ3v) is 4.82. The summed E-state index contributed by atoms with van der Waals surface area (Å²) in [6.45, 7) is 4.67. The molecule has 0 amide bonds. The van der Waals surface area contributed by atoms with Gasteiger partial charge >= 0.3 is 0 Å². The van der Waals surface area contributed by atoms with E-state index >= 15 is 0 Å². The van der Waals surface area contributed by atoms with E-state index in [1.807, 2.05) is 6.92 Å². The third-order valence-electron chi connectivity index (χ3n) is 2.96. The Morgan fingerprint density at radius 2 is 2.10 bits per heavy atom. The smallest absolute Gasteiger partial charge is 0.242 e. The molecule has 0 spiro atoms. The summed E-state index contributed by atoms with van der Waals surface area (Å²) in [5.41, 5.74) is 1.47. The van der Waals surface area contributed by atoms with Gasteiger partial charge in [0.05, 0.1) is 11.5 Å². The molecule has 0 aliphatic carbocycles. The van der Waals surface area contributed by atoms with Crippen LogP contribution in [0.3, 0.4) is 0 Å². The zero-order valence-corrected chi connectivity index (χ0v) is 13.4. The molecule has 1 aromatic rings. The van der Waals surface area contributed by atoms with Crippen LogP contribution in [0.25, 0.3) is 0 Å². The number of hydrogen-bond acceptors (Lipinski definition) is 4. The molecule has 0 aliphatic heterocycles. The molecule has 5 nitrogen and oxygen atoms in total. The average Bonchev–Trinajstić information content (AvgIpc) is 2.46. The molecule has 0 aliphatic rings. The molecule has 0 aromatic heterocycles. The molecule has 1 aromatic carbocycles. The summed E-state index contributed by atoms with van der Waals surface area (Å²) in [6, 6.07) is 4.77. The fourth-order valence-electron chi connectivity index (χ4n) is 1.71. The van der Waals surface area contributed by atoms with E-state index in [1.165, 1.54) is 17.4 Å². The first-order valence-corrected chi connectivity index (χ1v) is 8.12. The Morgan fingerprint density at radius 1 is 1.38 bits per heavy atom. The van der Waals surface area contributed by atoms with E-state index in [2.05, 4.69) is 11.8 Å². The number of nitrogens with zero attached hydrogens (tertiary/aromatic N) is 1. The summed E-state index contributed by atoms with van der Waals surface area (Å²) in [5, 5.41) is 8.69. The van der Waals surface area contributed by atoms with Crippen LogP contribution in [0.5, 0.6) is 0 Å². The van der Waals surface area contributed by atoms with Gasteiger partial charge < -0.3 is 9.84 Å². The molecular weight excluding hydrogens is 290 g/mol. The first-order chi connectivity index (χ1) is 9.93. The quantitative estimate of drug-likeness (QED) is 0.628. The molecule has 0 bridgehead atoms. The topological polar surface area (TPSA) is 66.8 Å². The molecule has 0 radical (unpaired) electrons. The normalized spacial score (nSPS) is 11.3. The lowest BCUT2D eigenvalue weighted by Crippen LogP contribution is -2.30. The van der Waals surface area contributed by atoms with Gasteiger partial charge in [-0.15, -0.1) is 0 Å². The molecule has 0 saturated heterocycles. The second-order valence-corrected chi connectivity index (χ2v) is 6.51. The largest absolute Gasteiger partial charge is 0.384 e. The van der Waals surface area contributed by atoms with E-state index in [-0.39, 0.29) is 11.5 Å². The number of likely N-dealkylation sites (N-methyl/N-ethyl adjacent to an activating group) is 1. The lowest BCUT2D eigenvalue weighted by Gasteiger charge is -2.17. The van der Waals surface area contributed by atoms with Crippen LogP contribution in [-0.4, -0.2) is 51.2 Å². The van der Waals surface area contributed by atoms with Crippen LogP contribution in [0.15, 0.2) is 23.1 Å². The van der Waals surface area contributed by atoms with E-state index in [0.717, 1.165) is 5.56 Å². The van der Waals surface area contributed by atoms with Gasteiger partial charge in [-0.1, -0.05) is 11.8 Å². The Balaban J connectivity index is 2.96. The minimum Gasteiger partial charge on any atom is -0.384 e. The van der Waals surface area contributed by atoms with Crippen LogP contribution >= 0.6 is 0 Å². The number of hydrogen-bond donors (Lipinski definition) is 1. The maximum absolute atomic E-state index is 12.4. The van der Waals surface area contributed by atoms with Crippen molar-refractivity contribution < 1.29 is 18.3 Å².